The molecule has 2 aromatic carbocycles. The van der Waals surface area contributed by atoms with Gasteiger partial charge >= 0.3 is 6.09 Å². The van der Waals surface area contributed by atoms with Crippen LogP contribution in [0.15, 0.2) is 48.5 Å². The molecule has 2 aromatic rings. The van der Waals surface area contributed by atoms with E-state index >= 15 is 0 Å². The molecule has 9 nitrogen and oxygen atoms in total. The number of hydrogen-bond donors (Lipinski definition) is 1. The van der Waals surface area contributed by atoms with Gasteiger partial charge in [0.25, 0.3) is 5.91 Å². The van der Waals surface area contributed by atoms with Crippen molar-refractivity contribution in [3.8, 4) is 0 Å². The molecule has 0 fully saturated rings. The molecule has 1 aliphatic rings. The Morgan fingerprint density at radius 3 is 2.13 bits per heavy atom. The average Bonchev–Trinajstić information content (AvgIpc) is 3.29. The van der Waals surface area contributed by atoms with E-state index in [9.17, 15) is 14.4 Å². The maximum absolute atomic E-state index is 13.4. The highest BCUT2D eigenvalue weighted by atomic mass is 16.6. The first kappa shape index (κ1) is 30.0. The molecule has 0 bridgehead atoms. The molecule has 39 heavy (non-hydrogen) atoms. The Morgan fingerprint density at radius 2 is 1.56 bits per heavy atom. The number of anilines is 1. The van der Waals surface area contributed by atoms with Gasteiger partial charge in [-0.05, 0) is 64.3 Å². The van der Waals surface area contributed by atoms with E-state index in [-0.39, 0.29) is 37.5 Å². The van der Waals surface area contributed by atoms with Crippen molar-refractivity contribution in [2.45, 2.75) is 66.3 Å². The summed E-state index contributed by atoms with van der Waals surface area (Å²) >= 11 is 0. The van der Waals surface area contributed by atoms with E-state index in [1.165, 1.54) is 11.1 Å². The molecular formula is C30H43N5O4. The van der Waals surface area contributed by atoms with Crippen LogP contribution in [0.3, 0.4) is 0 Å². The van der Waals surface area contributed by atoms with Gasteiger partial charge in [-0.2, -0.15) is 0 Å². The number of carbonyl (C=O) groups is 3. The normalized spacial score (nSPS) is 13.1. The van der Waals surface area contributed by atoms with Crippen molar-refractivity contribution in [1.82, 2.24) is 20.2 Å². The lowest BCUT2D eigenvalue weighted by Gasteiger charge is -2.32. The molecule has 212 valence electrons. The number of fused-ring (bicyclic) bond motifs is 1. The van der Waals surface area contributed by atoms with E-state index in [1.807, 2.05) is 82.9 Å². The Morgan fingerprint density at radius 1 is 0.974 bits per heavy atom. The third kappa shape index (κ3) is 8.45. The predicted molar refractivity (Wildman–Crippen MR) is 153 cm³/mol. The third-order valence-electron chi connectivity index (χ3n) is 6.65. The van der Waals surface area contributed by atoms with Crippen molar-refractivity contribution in [3.63, 3.8) is 0 Å². The second kappa shape index (κ2) is 13.0. The fourth-order valence-corrected chi connectivity index (χ4v) is 4.52. The number of ether oxygens (including phenoxy) is 1. The molecule has 3 rings (SSSR count). The molecule has 0 radical (unpaired) electrons. The number of likely N-dealkylation sites (N-methyl/N-ethyl adjacent to an activating group) is 1. The number of carbonyl (C=O) groups excluding carboxylic acids is 3. The van der Waals surface area contributed by atoms with Crippen LogP contribution in [0.5, 0.6) is 0 Å². The monoisotopic (exact) mass is 537 g/mol. The summed E-state index contributed by atoms with van der Waals surface area (Å²) < 4.78 is 5.50. The van der Waals surface area contributed by atoms with Crippen LogP contribution in [-0.2, 0) is 27.4 Å². The smallest absolute Gasteiger partial charge is 0.410 e. The van der Waals surface area contributed by atoms with Gasteiger partial charge in [0.15, 0.2) is 0 Å². The van der Waals surface area contributed by atoms with Gasteiger partial charge in [-0.1, -0.05) is 42.5 Å². The zero-order valence-corrected chi connectivity index (χ0v) is 24.4. The molecular weight excluding hydrogens is 494 g/mol. The number of para-hydroxylation sites is 1. The number of hydrogen-bond acceptors (Lipinski definition) is 6. The molecule has 0 spiro atoms. The summed E-state index contributed by atoms with van der Waals surface area (Å²) in [7, 11) is 1.78. The third-order valence-corrected chi connectivity index (χ3v) is 6.65. The fraction of sp³-hybridized carbons (Fsp3) is 0.500. The van der Waals surface area contributed by atoms with Crippen molar-refractivity contribution in [2.75, 3.05) is 38.1 Å². The molecule has 3 amide bonds. The van der Waals surface area contributed by atoms with E-state index in [1.54, 1.807) is 21.9 Å². The molecule has 1 heterocycles. The maximum Gasteiger partial charge on any atom is 0.410 e. The zero-order chi connectivity index (χ0) is 28.7. The molecule has 1 N–H and O–H groups in total. The van der Waals surface area contributed by atoms with Crippen LogP contribution in [0.4, 0.5) is 10.5 Å². The Hall–Kier alpha value is -3.59. The van der Waals surface area contributed by atoms with E-state index in [2.05, 4.69) is 17.4 Å². The second-order valence-electron chi connectivity index (χ2n) is 11.3. The number of benzene rings is 2. The minimum atomic E-state index is -0.598. The van der Waals surface area contributed by atoms with Crippen molar-refractivity contribution in [2.24, 2.45) is 0 Å². The van der Waals surface area contributed by atoms with Crippen LogP contribution in [0.25, 0.3) is 0 Å². The average molecular weight is 538 g/mol. The first-order valence-corrected chi connectivity index (χ1v) is 13.5. The van der Waals surface area contributed by atoms with Crippen molar-refractivity contribution < 1.29 is 19.1 Å². The van der Waals surface area contributed by atoms with Gasteiger partial charge in [-0.3, -0.25) is 14.6 Å². The highest BCUT2D eigenvalue weighted by Crippen LogP contribution is 2.24. The molecule has 0 unspecified atom stereocenters. The summed E-state index contributed by atoms with van der Waals surface area (Å²) in [4.78, 5) is 42.4. The summed E-state index contributed by atoms with van der Waals surface area (Å²) in [5, 5.41) is 6.58. The lowest BCUT2D eigenvalue weighted by Crippen LogP contribution is -2.49. The maximum atomic E-state index is 13.4. The number of rotatable bonds is 10. The number of aryl methyl sites for hydroxylation is 1. The first-order valence-electron chi connectivity index (χ1n) is 13.5. The molecule has 0 aromatic heterocycles. The Balaban J connectivity index is 1.62. The Labute approximate surface area is 232 Å². The summed E-state index contributed by atoms with van der Waals surface area (Å²) in [5.41, 5.74) is 3.64. The van der Waals surface area contributed by atoms with Crippen LogP contribution in [0, 0.1) is 6.92 Å². The van der Waals surface area contributed by atoms with Gasteiger partial charge in [0.05, 0.1) is 13.1 Å². The van der Waals surface area contributed by atoms with E-state index in [0.29, 0.717) is 19.6 Å². The lowest BCUT2D eigenvalue weighted by molar-refractivity contribution is -0.145. The molecule has 0 aliphatic carbocycles. The molecule has 0 saturated heterocycles. The largest absolute Gasteiger partial charge is 0.444 e. The minimum absolute atomic E-state index is 0.0127. The fourth-order valence-electron chi connectivity index (χ4n) is 4.52. The summed E-state index contributed by atoms with van der Waals surface area (Å²) in [6.07, 6.45) is -0.411. The molecule has 1 aliphatic heterocycles. The number of amides is 3. The van der Waals surface area contributed by atoms with Gasteiger partial charge in [0.2, 0.25) is 5.91 Å². The van der Waals surface area contributed by atoms with Gasteiger partial charge < -0.3 is 19.9 Å². The number of nitrogens with zero attached hydrogens (tertiary/aromatic N) is 4. The van der Waals surface area contributed by atoms with Gasteiger partial charge in [0, 0.05) is 45.0 Å². The molecule has 0 saturated carbocycles. The highest BCUT2D eigenvalue weighted by molar-refractivity contribution is 5.86. The Bertz CT molecular complexity index is 1140. The molecule has 0 atom stereocenters. The van der Waals surface area contributed by atoms with E-state index in [4.69, 9.17) is 4.74 Å². The van der Waals surface area contributed by atoms with Crippen molar-refractivity contribution >= 4 is 23.6 Å². The lowest BCUT2D eigenvalue weighted by atomic mass is 10.1. The van der Waals surface area contributed by atoms with Crippen LogP contribution in [-0.4, -0.2) is 77.7 Å². The highest BCUT2D eigenvalue weighted by Gasteiger charge is 2.27. The zero-order valence-electron chi connectivity index (χ0n) is 24.4. The van der Waals surface area contributed by atoms with Gasteiger partial charge in [-0.15, -0.1) is 0 Å². The molecule has 9 heteroatoms. The van der Waals surface area contributed by atoms with E-state index < -0.39 is 11.7 Å². The Kier molecular flexibility index (Phi) is 9.97. The topological polar surface area (TPSA) is 85.4 Å². The predicted octanol–water partition coefficient (Wildman–Crippen LogP) is 3.95. The van der Waals surface area contributed by atoms with Crippen LogP contribution >= 0.6 is 0 Å². The minimum Gasteiger partial charge on any atom is -0.444 e. The van der Waals surface area contributed by atoms with E-state index in [0.717, 1.165) is 11.3 Å². The second-order valence-corrected chi connectivity index (χ2v) is 11.3. The standard InChI is InChI=1S/C30H43N5O4/c1-22(2)35(29(38)39-30(4,5)6)17-16-31-27(36)20-33(26-15-11-8-12-23(26)3)21-28(37)32(7)34-18-24-13-9-10-14-25(24)19-34/h8-15,22H,16-21H2,1-7H3,(H,31,36). The number of nitrogens with one attached hydrogen (secondary N) is 1. The number of hydrazine groups is 1. The van der Waals surface area contributed by atoms with Crippen molar-refractivity contribution in [3.05, 3.63) is 65.2 Å². The first-order chi connectivity index (χ1) is 18.4. The summed E-state index contributed by atoms with van der Waals surface area (Å²) in [5.74, 6) is -0.329. The summed E-state index contributed by atoms with van der Waals surface area (Å²) in [6, 6.07) is 15.8. The van der Waals surface area contributed by atoms with Crippen LogP contribution < -0.4 is 10.2 Å². The van der Waals surface area contributed by atoms with Gasteiger partial charge in [0.1, 0.15) is 5.60 Å². The van der Waals surface area contributed by atoms with Crippen molar-refractivity contribution in [1.29, 1.82) is 0 Å². The summed E-state index contributed by atoms with van der Waals surface area (Å²) in [6.45, 7) is 13.3. The van der Waals surface area contributed by atoms with Crippen LogP contribution in [0.1, 0.15) is 51.3 Å². The quantitative estimate of drug-likeness (QED) is 0.494. The van der Waals surface area contributed by atoms with Gasteiger partial charge in [-0.25, -0.2) is 9.80 Å². The SMILES string of the molecule is Cc1ccccc1N(CC(=O)NCCN(C(=O)OC(C)(C)C)C(C)C)CC(=O)N(C)N1Cc2ccccc2C1. The van der Waals surface area contributed by atoms with Crippen LogP contribution in [0.2, 0.25) is 0 Å².